The molecule has 1 saturated heterocycles. The second-order valence-corrected chi connectivity index (χ2v) is 10.4. The van der Waals surface area contributed by atoms with Crippen molar-refractivity contribution in [1.82, 2.24) is 0 Å². The molecule has 10 atom stereocenters. The molecule has 2 aliphatic rings. The highest BCUT2D eigenvalue weighted by atomic mass is 16.7. The van der Waals surface area contributed by atoms with Gasteiger partial charge in [0.15, 0.2) is 0 Å². The van der Waals surface area contributed by atoms with E-state index in [1.54, 1.807) is 21.1 Å². The highest BCUT2D eigenvalue weighted by Gasteiger charge is 2.58. The zero-order valence-electron chi connectivity index (χ0n) is 22.9. The third kappa shape index (κ3) is 6.61. The molecule has 1 fully saturated rings. The molecule has 0 aromatic heterocycles. The minimum Gasteiger partial charge on any atom is -0.457 e. The van der Waals surface area contributed by atoms with Crippen LogP contribution < -0.4 is 0 Å². The minimum absolute atomic E-state index is 0.149. The topological polar surface area (TPSA) is 104 Å². The normalized spacial score (nSPS) is 40.2. The molecule has 8 heteroatoms. The van der Waals surface area contributed by atoms with Gasteiger partial charge in [0.05, 0.1) is 18.3 Å². The van der Waals surface area contributed by atoms with Crippen molar-refractivity contribution < 1.29 is 38.7 Å². The summed E-state index contributed by atoms with van der Waals surface area (Å²) >= 11 is 0. The molecule has 2 bridgehead atoms. The molecule has 0 saturated carbocycles. The summed E-state index contributed by atoms with van der Waals surface area (Å²) in [7, 11) is 4.72. The summed E-state index contributed by atoms with van der Waals surface area (Å²) in [5.41, 5.74) is 0.880. The van der Waals surface area contributed by atoms with E-state index in [4.69, 9.17) is 23.7 Å². The molecule has 1 aromatic rings. The van der Waals surface area contributed by atoms with Crippen LogP contribution in [0.2, 0.25) is 0 Å². The van der Waals surface area contributed by atoms with Crippen LogP contribution in [0.25, 0.3) is 0 Å². The first kappa shape index (κ1) is 29.7. The van der Waals surface area contributed by atoms with E-state index < -0.39 is 42.1 Å². The highest BCUT2D eigenvalue weighted by Crippen LogP contribution is 2.42. The van der Waals surface area contributed by atoms with Gasteiger partial charge in [-0.05, 0) is 31.7 Å². The molecule has 8 nitrogen and oxygen atoms in total. The van der Waals surface area contributed by atoms with Crippen LogP contribution in [0.1, 0.15) is 58.1 Å². The van der Waals surface area contributed by atoms with Gasteiger partial charge in [-0.1, -0.05) is 62.8 Å². The van der Waals surface area contributed by atoms with Crippen molar-refractivity contribution in [2.75, 3.05) is 21.3 Å². The van der Waals surface area contributed by atoms with Crippen LogP contribution in [-0.2, 0) is 28.5 Å². The van der Waals surface area contributed by atoms with Crippen molar-refractivity contribution in [3.05, 3.63) is 48.0 Å². The number of cyclic esters (lactones) is 1. The number of methoxy groups -OCH3 is 3. The Morgan fingerprint density at radius 2 is 1.62 bits per heavy atom. The maximum absolute atomic E-state index is 13.5. The Morgan fingerprint density at radius 3 is 2.24 bits per heavy atom. The first-order valence-electron chi connectivity index (χ1n) is 13.3. The van der Waals surface area contributed by atoms with Gasteiger partial charge in [-0.25, -0.2) is 0 Å². The average Bonchev–Trinajstić information content (AvgIpc) is 2.90. The van der Waals surface area contributed by atoms with Crippen molar-refractivity contribution in [3.63, 3.8) is 0 Å². The first-order valence-corrected chi connectivity index (χ1v) is 13.3. The predicted octanol–water partition coefficient (Wildman–Crippen LogP) is 3.80. The molecule has 0 aliphatic carbocycles. The molecule has 208 valence electrons. The van der Waals surface area contributed by atoms with Gasteiger partial charge in [-0.15, -0.1) is 0 Å². The third-order valence-electron chi connectivity index (χ3n) is 8.03. The first-order chi connectivity index (χ1) is 17.7. The molecule has 0 radical (unpaired) electrons. The standard InChI is InChI=1S/C29H44O8/c1-18-16-17-24(34-5)23(33-4)15-11-10-14-22(21-12-8-7-9-13-21)36-28(31)20(3)29(32)27(35-6)25(30)19(2)26(18)37-29/h7-9,12-13,16-20,22-27,30,32H,10-11,14-15H2,1-6H3/t18-,19-,20+,22-,23-,24+,25-,26-,27+,29+/m0/s1. The number of aliphatic hydroxyl groups is 2. The molecule has 2 heterocycles. The molecule has 0 spiro atoms. The van der Waals surface area contributed by atoms with Gasteiger partial charge in [0.1, 0.15) is 24.2 Å². The molecule has 2 aliphatic heterocycles. The van der Waals surface area contributed by atoms with Crippen LogP contribution in [-0.4, -0.2) is 73.8 Å². The molecular weight excluding hydrogens is 476 g/mol. The summed E-state index contributed by atoms with van der Waals surface area (Å²) in [6.45, 7) is 5.36. The summed E-state index contributed by atoms with van der Waals surface area (Å²) in [5.74, 6) is -4.38. The van der Waals surface area contributed by atoms with Gasteiger partial charge in [0, 0.05) is 33.2 Å². The van der Waals surface area contributed by atoms with Gasteiger partial charge in [0.2, 0.25) is 5.79 Å². The Kier molecular flexibility index (Phi) is 10.7. The van der Waals surface area contributed by atoms with Crippen molar-refractivity contribution >= 4 is 5.97 Å². The lowest BCUT2D eigenvalue weighted by Crippen LogP contribution is -2.66. The fraction of sp³-hybridized carbons (Fsp3) is 0.690. The number of ether oxygens (including phenoxy) is 5. The quantitative estimate of drug-likeness (QED) is 0.456. The third-order valence-corrected chi connectivity index (χ3v) is 8.03. The summed E-state index contributed by atoms with van der Waals surface area (Å²) in [6, 6.07) is 9.58. The summed E-state index contributed by atoms with van der Waals surface area (Å²) in [6.07, 6.45) is 3.29. The Balaban J connectivity index is 2.01. The maximum atomic E-state index is 13.5. The zero-order valence-corrected chi connectivity index (χ0v) is 22.9. The Labute approximate surface area is 220 Å². The van der Waals surface area contributed by atoms with Crippen molar-refractivity contribution in [2.45, 2.75) is 88.9 Å². The molecular formula is C29H44O8. The van der Waals surface area contributed by atoms with Crippen LogP contribution in [0.4, 0.5) is 0 Å². The molecule has 2 N–H and O–H groups in total. The summed E-state index contributed by atoms with van der Waals surface area (Å²) in [5, 5.41) is 22.9. The number of fused-ring (bicyclic) bond motifs is 2. The van der Waals surface area contributed by atoms with Crippen LogP contribution >= 0.6 is 0 Å². The van der Waals surface area contributed by atoms with Crippen LogP contribution in [0.5, 0.6) is 0 Å². The number of carbonyl (C=O) groups is 1. The van der Waals surface area contributed by atoms with Gasteiger partial charge in [-0.2, -0.15) is 0 Å². The van der Waals surface area contributed by atoms with Gasteiger partial charge in [-0.3, -0.25) is 4.79 Å². The minimum atomic E-state index is -2.08. The molecule has 0 unspecified atom stereocenters. The van der Waals surface area contributed by atoms with E-state index in [9.17, 15) is 15.0 Å². The van der Waals surface area contributed by atoms with Crippen LogP contribution in [0.3, 0.4) is 0 Å². The number of aliphatic hydroxyl groups excluding tert-OH is 1. The number of carbonyl (C=O) groups excluding carboxylic acids is 1. The fourth-order valence-corrected chi connectivity index (χ4v) is 5.56. The maximum Gasteiger partial charge on any atom is 0.314 e. The number of esters is 1. The lowest BCUT2D eigenvalue weighted by molar-refractivity contribution is -0.360. The second-order valence-electron chi connectivity index (χ2n) is 10.4. The number of benzene rings is 1. The SMILES string of the molecule is CO[C@H]1CCCC[C@@H](c2ccccc2)OC(=O)[C@@H](C)[C@@]2(O)O[C@H]([C@@H](C)[C@H](O)[C@H]2OC)[C@@H](C)C=C[C@H]1OC. The van der Waals surface area contributed by atoms with Gasteiger partial charge in [0.25, 0.3) is 0 Å². The van der Waals surface area contributed by atoms with E-state index in [1.807, 2.05) is 56.3 Å². The largest absolute Gasteiger partial charge is 0.457 e. The molecule has 37 heavy (non-hydrogen) atoms. The highest BCUT2D eigenvalue weighted by molar-refractivity contribution is 5.73. The van der Waals surface area contributed by atoms with E-state index in [2.05, 4.69) is 0 Å². The lowest BCUT2D eigenvalue weighted by Gasteiger charge is -2.51. The van der Waals surface area contributed by atoms with Crippen LogP contribution in [0.15, 0.2) is 42.5 Å². The molecule has 3 rings (SSSR count). The van der Waals surface area contributed by atoms with Gasteiger partial charge < -0.3 is 33.9 Å². The van der Waals surface area contributed by atoms with Gasteiger partial charge >= 0.3 is 5.97 Å². The monoisotopic (exact) mass is 520 g/mol. The second kappa shape index (κ2) is 13.3. The van der Waals surface area contributed by atoms with E-state index in [1.165, 1.54) is 7.11 Å². The zero-order chi connectivity index (χ0) is 27.2. The number of hydrogen-bond acceptors (Lipinski definition) is 8. The Morgan fingerprint density at radius 1 is 0.946 bits per heavy atom. The summed E-state index contributed by atoms with van der Waals surface area (Å²) in [4.78, 5) is 13.5. The van der Waals surface area contributed by atoms with E-state index in [0.717, 1.165) is 24.8 Å². The van der Waals surface area contributed by atoms with Crippen LogP contribution in [0, 0.1) is 17.8 Å². The smallest absolute Gasteiger partial charge is 0.314 e. The predicted molar refractivity (Wildman–Crippen MR) is 139 cm³/mol. The number of hydrogen-bond donors (Lipinski definition) is 2. The van der Waals surface area contributed by atoms with Crippen molar-refractivity contribution in [2.24, 2.45) is 17.8 Å². The fourth-order valence-electron chi connectivity index (χ4n) is 5.56. The van der Waals surface area contributed by atoms with Crippen molar-refractivity contribution in [3.8, 4) is 0 Å². The average molecular weight is 521 g/mol. The van der Waals surface area contributed by atoms with E-state index in [0.29, 0.717) is 6.42 Å². The molecule has 1 aromatic carbocycles. The summed E-state index contributed by atoms with van der Waals surface area (Å²) < 4.78 is 29.3. The molecule has 0 amide bonds. The Hall–Kier alpha value is -1.81. The Bertz CT molecular complexity index is 876. The van der Waals surface area contributed by atoms with E-state index in [-0.39, 0.29) is 24.0 Å². The number of rotatable bonds is 4. The lowest BCUT2D eigenvalue weighted by atomic mass is 9.78. The van der Waals surface area contributed by atoms with E-state index >= 15 is 0 Å². The van der Waals surface area contributed by atoms with Crippen molar-refractivity contribution in [1.29, 1.82) is 0 Å².